The van der Waals surface area contributed by atoms with Gasteiger partial charge in [-0.1, -0.05) is 24.3 Å². The van der Waals surface area contributed by atoms with Crippen LogP contribution < -0.4 is 11.1 Å². The Kier molecular flexibility index (Phi) is 5.31. The maximum absolute atomic E-state index is 6.51. The molecule has 0 fully saturated rings. The molecular formula is C28H26N6O. The zero-order valence-electron chi connectivity index (χ0n) is 19.4. The quantitative estimate of drug-likeness (QED) is 0.245. The molecular weight excluding hydrogens is 436 g/mol. The van der Waals surface area contributed by atoms with E-state index in [1.807, 2.05) is 31.3 Å². The molecule has 6 aromatic rings. The van der Waals surface area contributed by atoms with Gasteiger partial charge in [0.2, 0.25) is 0 Å². The van der Waals surface area contributed by atoms with Crippen LogP contribution in [0, 0.1) is 6.92 Å². The molecule has 0 spiro atoms. The summed E-state index contributed by atoms with van der Waals surface area (Å²) in [5.74, 6) is 0. The lowest BCUT2D eigenvalue weighted by Gasteiger charge is -2.15. The van der Waals surface area contributed by atoms with Crippen LogP contribution in [0.2, 0.25) is 0 Å². The Morgan fingerprint density at radius 2 is 1.97 bits per heavy atom. The van der Waals surface area contributed by atoms with Crippen molar-refractivity contribution in [2.24, 2.45) is 5.73 Å². The molecule has 6 rings (SSSR count). The number of H-pyrrole nitrogens is 2. The van der Waals surface area contributed by atoms with E-state index >= 15 is 0 Å². The van der Waals surface area contributed by atoms with E-state index in [1.54, 1.807) is 12.5 Å². The Morgan fingerprint density at radius 3 is 2.86 bits per heavy atom. The molecule has 0 saturated carbocycles. The van der Waals surface area contributed by atoms with Gasteiger partial charge in [-0.3, -0.25) is 10.1 Å². The van der Waals surface area contributed by atoms with Gasteiger partial charge in [0.15, 0.2) is 0 Å². The number of nitrogens with two attached hydrogens (primary N) is 1. The van der Waals surface area contributed by atoms with Gasteiger partial charge in [0, 0.05) is 51.9 Å². The molecule has 4 aromatic heterocycles. The van der Waals surface area contributed by atoms with E-state index in [0.717, 1.165) is 56.6 Å². The fourth-order valence-corrected chi connectivity index (χ4v) is 4.62. The van der Waals surface area contributed by atoms with Gasteiger partial charge < -0.3 is 20.5 Å². The Balaban J connectivity index is 1.27. The number of para-hydroxylation sites is 1. The standard InChI is InChI=1S/C28H26N6O/c1-17-24-11-18(6-7-27(24)34-33-17)25-12-22(15-32-28(25)19-8-9-35-16-19)30-14-21(29)10-20-13-31-26-5-3-2-4-23(20)26/h2-9,11-13,15-16,21,30-31H,10,14,29H2,1H3,(H,33,34)/t21-/m0/s1. The van der Waals surface area contributed by atoms with E-state index in [0.29, 0.717) is 6.54 Å². The fourth-order valence-electron chi connectivity index (χ4n) is 4.62. The van der Waals surface area contributed by atoms with E-state index in [2.05, 4.69) is 63.1 Å². The largest absolute Gasteiger partial charge is 0.472 e. The van der Waals surface area contributed by atoms with Crippen LogP contribution in [0.5, 0.6) is 0 Å². The number of fused-ring (bicyclic) bond motifs is 2. The molecule has 0 aliphatic rings. The molecule has 0 amide bonds. The lowest BCUT2D eigenvalue weighted by atomic mass is 9.98. The maximum Gasteiger partial charge on any atom is 0.0996 e. The summed E-state index contributed by atoms with van der Waals surface area (Å²) >= 11 is 0. The number of pyridine rings is 1. The van der Waals surface area contributed by atoms with Crippen molar-refractivity contribution in [1.29, 1.82) is 0 Å². The highest BCUT2D eigenvalue weighted by Gasteiger charge is 2.14. The van der Waals surface area contributed by atoms with Crippen molar-refractivity contribution in [3.63, 3.8) is 0 Å². The molecule has 0 aliphatic carbocycles. The average molecular weight is 463 g/mol. The number of aryl methyl sites for hydroxylation is 1. The number of hydrogen-bond donors (Lipinski definition) is 4. The molecule has 1 atom stereocenters. The summed E-state index contributed by atoms with van der Waals surface area (Å²) in [6, 6.07) is 18.6. The molecule has 174 valence electrons. The number of benzene rings is 2. The molecule has 5 N–H and O–H groups in total. The summed E-state index contributed by atoms with van der Waals surface area (Å²) in [5, 5.41) is 13.2. The second-order valence-corrected chi connectivity index (χ2v) is 8.92. The Morgan fingerprint density at radius 1 is 1.06 bits per heavy atom. The van der Waals surface area contributed by atoms with Crippen LogP contribution in [0.15, 0.2) is 83.9 Å². The highest BCUT2D eigenvalue weighted by molar-refractivity contribution is 5.90. The normalized spacial score (nSPS) is 12.4. The molecule has 4 heterocycles. The van der Waals surface area contributed by atoms with Gasteiger partial charge in [-0.2, -0.15) is 5.10 Å². The van der Waals surface area contributed by atoms with Crippen molar-refractivity contribution in [2.45, 2.75) is 19.4 Å². The first kappa shape index (κ1) is 21.2. The minimum absolute atomic E-state index is 0.0452. The van der Waals surface area contributed by atoms with E-state index in [9.17, 15) is 0 Å². The molecule has 2 aromatic carbocycles. The minimum atomic E-state index is -0.0452. The first-order chi connectivity index (χ1) is 17.2. The summed E-state index contributed by atoms with van der Waals surface area (Å²) in [4.78, 5) is 8.12. The maximum atomic E-state index is 6.51. The SMILES string of the molecule is Cc1[nH]nc2ccc(-c3cc(NC[C@@H](N)Cc4c[nH]c5ccccc45)cnc3-c3ccoc3)cc12. The summed E-state index contributed by atoms with van der Waals surface area (Å²) < 4.78 is 5.34. The Hall–Kier alpha value is -4.36. The Labute approximate surface area is 202 Å². The predicted molar refractivity (Wildman–Crippen MR) is 140 cm³/mol. The molecule has 0 unspecified atom stereocenters. The third-order valence-corrected chi connectivity index (χ3v) is 6.46. The summed E-state index contributed by atoms with van der Waals surface area (Å²) in [6.07, 6.45) is 8.07. The van der Waals surface area contributed by atoms with Gasteiger partial charge in [-0.15, -0.1) is 0 Å². The molecule has 7 heteroatoms. The topological polar surface area (TPSA) is 109 Å². The number of nitrogens with one attached hydrogen (secondary N) is 3. The van der Waals surface area contributed by atoms with Crippen molar-refractivity contribution in [3.8, 4) is 22.4 Å². The molecule has 35 heavy (non-hydrogen) atoms. The highest BCUT2D eigenvalue weighted by atomic mass is 16.3. The van der Waals surface area contributed by atoms with Gasteiger partial charge in [0.05, 0.1) is 35.6 Å². The van der Waals surface area contributed by atoms with Crippen molar-refractivity contribution in [3.05, 3.63) is 90.8 Å². The van der Waals surface area contributed by atoms with E-state index < -0.39 is 0 Å². The van der Waals surface area contributed by atoms with Crippen LogP contribution in [0.25, 0.3) is 44.2 Å². The van der Waals surface area contributed by atoms with Crippen LogP contribution in [-0.4, -0.2) is 32.8 Å². The van der Waals surface area contributed by atoms with Crippen LogP contribution >= 0.6 is 0 Å². The monoisotopic (exact) mass is 462 g/mol. The Bertz CT molecular complexity index is 1610. The second-order valence-electron chi connectivity index (χ2n) is 8.92. The number of rotatable bonds is 7. The first-order valence-electron chi connectivity index (χ1n) is 11.7. The number of aromatic amines is 2. The predicted octanol–water partition coefficient (Wildman–Crippen LogP) is 5.66. The molecule has 0 saturated heterocycles. The van der Waals surface area contributed by atoms with E-state index in [-0.39, 0.29) is 6.04 Å². The van der Waals surface area contributed by atoms with Gasteiger partial charge >= 0.3 is 0 Å². The van der Waals surface area contributed by atoms with Gasteiger partial charge in [-0.05, 0) is 54.8 Å². The van der Waals surface area contributed by atoms with Crippen LogP contribution in [0.4, 0.5) is 5.69 Å². The van der Waals surface area contributed by atoms with E-state index in [1.165, 1.54) is 10.9 Å². The second kappa shape index (κ2) is 8.77. The smallest absolute Gasteiger partial charge is 0.0996 e. The number of hydrogen-bond acceptors (Lipinski definition) is 5. The van der Waals surface area contributed by atoms with Gasteiger partial charge in [0.1, 0.15) is 0 Å². The molecule has 7 nitrogen and oxygen atoms in total. The summed E-state index contributed by atoms with van der Waals surface area (Å²) in [5.41, 5.74) is 15.7. The zero-order valence-corrected chi connectivity index (χ0v) is 19.4. The van der Waals surface area contributed by atoms with Crippen molar-refractivity contribution < 1.29 is 4.42 Å². The van der Waals surface area contributed by atoms with Crippen molar-refractivity contribution in [1.82, 2.24) is 20.2 Å². The lowest BCUT2D eigenvalue weighted by molar-refractivity contribution is 0.568. The minimum Gasteiger partial charge on any atom is -0.472 e. The van der Waals surface area contributed by atoms with Gasteiger partial charge in [0.25, 0.3) is 0 Å². The average Bonchev–Trinajstić information content (AvgIpc) is 3.64. The number of furan rings is 1. The molecule has 0 aliphatic heterocycles. The van der Waals surface area contributed by atoms with Crippen LogP contribution in [-0.2, 0) is 6.42 Å². The lowest BCUT2D eigenvalue weighted by Crippen LogP contribution is -2.31. The third kappa shape index (κ3) is 4.06. The number of anilines is 1. The van der Waals surface area contributed by atoms with Crippen molar-refractivity contribution in [2.75, 3.05) is 11.9 Å². The summed E-state index contributed by atoms with van der Waals surface area (Å²) in [7, 11) is 0. The van der Waals surface area contributed by atoms with Crippen molar-refractivity contribution >= 4 is 27.5 Å². The first-order valence-corrected chi connectivity index (χ1v) is 11.7. The van der Waals surface area contributed by atoms with Crippen LogP contribution in [0.3, 0.4) is 0 Å². The molecule has 0 radical (unpaired) electrons. The van der Waals surface area contributed by atoms with Gasteiger partial charge in [-0.25, -0.2) is 0 Å². The van der Waals surface area contributed by atoms with Crippen LogP contribution in [0.1, 0.15) is 11.3 Å². The fraction of sp³-hybridized carbons (Fsp3) is 0.143. The number of nitrogens with zero attached hydrogens (tertiary/aromatic N) is 2. The third-order valence-electron chi connectivity index (χ3n) is 6.46. The zero-order chi connectivity index (χ0) is 23.8. The highest BCUT2D eigenvalue weighted by Crippen LogP contribution is 2.34. The molecule has 0 bridgehead atoms. The number of aromatic nitrogens is 4. The van der Waals surface area contributed by atoms with E-state index in [4.69, 9.17) is 15.1 Å². The summed E-state index contributed by atoms with van der Waals surface area (Å²) in [6.45, 7) is 2.66.